The first-order valence-electron chi connectivity index (χ1n) is 6.65. The van der Waals surface area contributed by atoms with Gasteiger partial charge >= 0.3 is 6.18 Å². The average molecular weight is 388 g/mol. The van der Waals surface area contributed by atoms with Gasteiger partial charge in [0.25, 0.3) is 0 Å². The van der Waals surface area contributed by atoms with Crippen molar-refractivity contribution in [3.63, 3.8) is 0 Å². The monoisotopic (exact) mass is 387 g/mol. The second-order valence-corrected chi connectivity index (χ2v) is 5.85. The molecule has 0 saturated carbocycles. The molecule has 1 N–H and O–H groups in total. The predicted octanol–water partition coefficient (Wildman–Crippen LogP) is 4.93. The molecule has 7 heteroatoms. The summed E-state index contributed by atoms with van der Waals surface area (Å²) < 4.78 is 38.4. The summed E-state index contributed by atoms with van der Waals surface area (Å²) in [5, 5.41) is 10.7. The van der Waals surface area contributed by atoms with Gasteiger partial charge in [-0.2, -0.15) is 13.2 Å². The van der Waals surface area contributed by atoms with Crippen LogP contribution >= 0.6 is 15.9 Å². The first-order chi connectivity index (χ1) is 10.7. The highest BCUT2D eigenvalue weighted by molar-refractivity contribution is 9.10. The summed E-state index contributed by atoms with van der Waals surface area (Å²) >= 11 is 3.26. The number of halogens is 4. The van der Waals surface area contributed by atoms with Gasteiger partial charge in [0.1, 0.15) is 6.04 Å². The van der Waals surface area contributed by atoms with Crippen molar-refractivity contribution < 1.29 is 23.2 Å². The summed E-state index contributed by atoms with van der Waals surface area (Å²) in [5.41, 5.74) is -0.316. The Bertz CT molecular complexity index is 684. The number of hydrogen-bond acceptors (Lipinski definition) is 3. The number of carbonyl (C=O) groups is 1. The van der Waals surface area contributed by atoms with Gasteiger partial charge in [0, 0.05) is 10.0 Å². The Balaban J connectivity index is 2.17. The third kappa shape index (κ3) is 4.11. The van der Waals surface area contributed by atoms with Gasteiger partial charge in [-0.1, -0.05) is 28.1 Å². The van der Waals surface area contributed by atoms with Crippen molar-refractivity contribution in [2.24, 2.45) is 0 Å². The molecular weight excluding hydrogens is 375 g/mol. The second kappa shape index (κ2) is 6.72. The lowest BCUT2D eigenvalue weighted by molar-refractivity contribution is -0.137. The van der Waals surface area contributed by atoms with E-state index >= 15 is 0 Å². The zero-order valence-corrected chi connectivity index (χ0v) is 13.6. The SMILES string of the molecule is CC(C(=O)c1ccc(Br)cc1)N(O)c1ccc(C(F)(F)F)cc1. The number of nitrogens with zero attached hydrogens (tertiary/aromatic N) is 1. The van der Waals surface area contributed by atoms with Gasteiger partial charge in [-0.05, 0) is 43.3 Å². The third-order valence-electron chi connectivity index (χ3n) is 3.33. The van der Waals surface area contributed by atoms with E-state index in [0.717, 1.165) is 28.7 Å². The van der Waals surface area contributed by atoms with E-state index in [4.69, 9.17) is 0 Å². The van der Waals surface area contributed by atoms with E-state index in [0.29, 0.717) is 10.6 Å². The van der Waals surface area contributed by atoms with Crippen LogP contribution in [0.5, 0.6) is 0 Å². The molecule has 0 bridgehead atoms. The van der Waals surface area contributed by atoms with Crippen molar-refractivity contribution in [3.05, 3.63) is 64.1 Å². The van der Waals surface area contributed by atoms with Crippen LogP contribution in [0.15, 0.2) is 53.0 Å². The van der Waals surface area contributed by atoms with Crippen LogP contribution in [0.4, 0.5) is 18.9 Å². The van der Waals surface area contributed by atoms with Crippen molar-refractivity contribution in [1.82, 2.24) is 0 Å². The molecule has 0 aliphatic rings. The maximum Gasteiger partial charge on any atom is 0.416 e. The molecule has 2 aromatic carbocycles. The van der Waals surface area contributed by atoms with Crippen LogP contribution in [-0.2, 0) is 6.18 Å². The quantitative estimate of drug-likeness (QED) is 0.596. The molecule has 2 aromatic rings. The van der Waals surface area contributed by atoms with Crippen LogP contribution in [-0.4, -0.2) is 17.0 Å². The lowest BCUT2D eigenvalue weighted by atomic mass is 10.0. The molecule has 1 atom stereocenters. The van der Waals surface area contributed by atoms with Crippen LogP contribution < -0.4 is 5.06 Å². The van der Waals surface area contributed by atoms with Gasteiger partial charge in [0.05, 0.1) is 11.3 Å². The highest BCUT2D eigenvalue weighted by Gasteiger charge is 2.30. The lowest BCUT2D eigenvalue weighted by Gasteiger charge is -2.24. The lowest BCUT2D eigenvalue weighted by Crippen LogP contribution is -2.36. The molecule has 1 unspecified atom stereocenters. The van der Waals surface area contributed by atoms with Gasteiger partial charge in [-0.25, -0.2) is 5.06 Å². The fourth-order valence-corrected chi connectivity index (χ4v) is 2.26. The summed E-state index contributed by atoms with van der Waals surface area (Å²) in [6, 6.07) is 9.60. The zero-order valence-electron chi connectivity index (χ0n) is 12.0. The largest absolute Gasteiger partial charge is 0.416 e. The van der Waals surface area contributed by atoms with Crippen molar-refractivity contribution in [1.29, 1.82) is 0 Å². The number of hydroxylamine groups is 1. The molecule has 0 aromatic heterocycles. The Morgan fingerprint density at radius 2 is 1.61 bits per heavy atom. The predicted molar refractivity (Wildman–Crippen MR) is 83.6 cm³/mol. The maximum atomic E-state index is 12.5. The number of benzene rings is 2. The number of anilines is 1. The molecule has 0 radical (unpaired) electrons. The Hall–Kier alpha value is -1.86. The molecule has 23 heavy (non-hydrogen) atoms. The van der Waals surface area contributed by atoms with Gasteiger partial charge in [0.15, 0.2) is 5.78 Å². The minimum Gasteiger partial charge on any atom is -0.292 e. The topological polar surface area (TPSA) is 40.5 Å². The molecule has 0 amide bonds. The third-order valence-corrected chi connectivity index (χ3v) is 3.86. The number of rotatable bonds is 4. The smallest absolute Gasteiger partial charge is 0.292 e. The minimum atomic E-state index is -4.45. The molecule has 0 heterocycles. The standard InChI is InChI=1S/C16H13BrF3NO2/c1-10(15(22)11-2-6-13(17)7-3-11)21(23)14-8-4-12(5-9-14)16(18,19)20/h2-10,23H,1H3. The number of ketones is 1. The van der Waals surface area contributed by atoms with Crippen LogP contribution in [0.25, 0.3) is 0 Å². The van der Waals surface area contributed by atoms with E-state index in [1.807, 2.05) is 0 Å². The Kier molecular flexibility index (Phi) is 5.11. The van der Waals surface area contributed by atoms with Gasteiger partial charge in [-0.3, -0.25) is 10.0 Å². The molecular formula is C16H13BrF3NO2. The van der Waals surface area contributed by atoms with Crippen molar-refractivity contribution in [2.75, 3.05) is 5.06 Å². The second-order valence-electron chi connectivity index (χ2n) is 4.94. The van der Waals surface area contributed by atoms with E-state index in [1.165, 1.54) is 6.92 Å². The molecule has 0 aliphatic heterocycles. The number of carbonyl (C=O) groups excluding carboxylic acids is 1. The Morgan fingerprint density at radius 3 is 2.09 bits per heavy atom. The zero-order chi connectivity index (χ0) is 17.2. The minimum absolute atomic E-state index is 0.107. The van der Waals surface area contributed by atoms with E-state index in [1.54, 1.807) is 24.3 Å². The molecule has 0 aliphatic carbocycles. The average Bonchev–Trinajstić information content (AvgIpc) is 2.53. The number of alkyl halides is 3. The van der Waals surface area contributed by atoms with Gasteiger partial charge in [-0.15, -0.1) is 0 Å². The summed E-state index contributed by atoms with van der Waals surface area (Å²) in [5.74, 6) is -0.347. The summed E-state index contributed by atoms with van der Waals surface area (Å²) in [7, 11) is 0. The van der Waals surface area contributed by atoms with Crippen LogP contribution in [0.3, 0.4) is 0 Å². The molecule has 122 valence electrons. The van der Waals surface area contributed by atoms with E-state index < -0.39 is 17.8 Å². The van der Waals surface area contributed by atoms with Crippen molar-refractivity contribution in [3.8, 4) is 0 Å². The van der Waals surface area contributed by atoms with E-state index in [2.05, 4.69) is 15.9 Å². The summed E-state index contributed by atoms with van der Waals surface area (Å²) in [6.45, 7) is 1.47. The summed E-state index contributed by atoms with van der Waals surface area (Å²) in [6.07, 6.45) is -4.45. The Morgan fingerprint density at radius 1 is 1.09 bits per heavy atom. The number of hydrogen-bond donors (Lipinski definition) is 1. The van der Waals surface area contributed by atoms with Crippen molar-refractivity contribution in [2.45, 2.75) is 19.1 Å². The van der Waals surface area contributed by atoms with Gasteiger partial charge < -0.3 is 0 Å². The van der Waals surface area contributed by atoms with Crippen LogP contribution in [0, 0.1) is 0 Å². The van der Waals surface area contributed by atoms with Crippen LogP contribution in [0.1, 0.15) is 22.8 Å². The molecule has 0 fully saturated rings. The normalized spacial score (nSPS) is 12.8. The van der Waals surface area contributed by atoms with Gasteiger partial charge in [0.2, 0.25) is 0 Å². The number of Topliss-reactive ketones (excluding diaryl/α,β-unsaturated/α-hetero) is 1. The van der Waals surface area contributed by atoms with Crippen LogP contribution in [0.2, 0.25) is 0 Å². The van der Waals surface area contributed by atoms with Crippen molar-refractivity contribution >= 4 is 27.4 Å². The van der Waals surface area contributed by atoms with E-state index in [9.17, 15) is 23.2 Å². The fourth-order valence-electron chi connectivity index (χ4n) is 1.99. The molecule has 2 rings (SSSR count). The van der Waals surface area contributed by atoms with E-state index in [-0.39, 0.29) is 11.5 Å². The highest BCUT2D eigenvalue weighted by Crippen LogP contribution is 2.30. The maximum absolute atomic E-state index is 12.5. The molecule has 0 spiro atoms. The highest BCUT2D eigenvalue weighted by atomic mass is 79.9. The first-order valence-corrected chi connectivity index (χ1v) is 7.44. The first kappa shape index (κ1) is 17.5. The Labute approximate surface area is 139 Å². The molecule has 3 nitrogen and oxygen atoms in total. The fraction of sp³-hybridized carbons (Fsp3) is 0.188. The molecule has 0 saturated heterocycles. The summed E-state index contributed by atoms with van der Waals surface area (Å²) in [4.78, 5) is 12.3.